The van der Waals surface area contributed by atoms with Crippen LogP contribution in [-0.4, -0.2) is 27.1 Å². The maximum atomic E-state index is 11.6. The second-order valence-corrected chi connectivity index (χ2v) is 3.25. The van der Waals surface area contributed by atoms with Gasteiger partial charge in [0.15, 0.2) is 0 Å². The molecule has 2 aromatic heterocycles. The second kappa shape index (κ2) is 4.20. The van der Waals surface area contributed by atoms with Gasteiger partial charge in [0.2, 0.25) is 0 Å². The van der Waals surface area contributed by atoms with Crippen molar-refractivity contribution in [3.05, 3.63) is 40.2 Å². The molecular formula is C10H9N3O4. The first-order chi connectivity index (χ1) is 8.13. The number of carbonyl (C=O) groups is 1. The lowest BCUT2D eigenvalue weighted by Crippen LogP contribution is -2.04. The lowest BCUT2D eigenvalue weighted by Gasteiger charge is -1.99. The molecule has 17 heavy (non-hydrogen) atoms. The highest BCUT2D eigenvalue weighted by atomic mass is 16.6. The maximum Gasteiger partial charge on any atom is 0.341 e. The Kier molecular flexibility index (Phi) is 2.73. The average molecular weight is 235 g/mol. The fourth-order valence-electron chi connectivity index (χ4n) is 1.45. The van der Waals surface area contributed by atoms with Crippen LogP contribution in [0.5, 0.6) is 0 Å². The first-order valence-electron chi connectivity index (χ1n) is 4.92. The summed E-state index contributed by atoms with van der Waals surface area (Å²) in [6.07, 6.45) is 2.76. The molecule has 0 aromatic carbocycles. The molecule has 0 spiro atoms. The van der Waals surface area contributed by atoms with E-state index >= 15 is 0 Å². The van der Waals surface area contributed by atoms with E-state index in [-0.39, 0.29) is 17.9 Å². The van der Waals surface area contributed by atoms with Crippen LogP contribution in [0, 0.1) is 10.1 Å². The van der Waals surface area contributed by atoms with E-state index in [1.807, 2.05) is 0 Å². The van der Waals surface area contributed by atoms with E-state index in [9.17, 15) is 14.9 Å². The van der Waals surface area contributed by atoms with E-state index in [2.05, 4.69) is 5.10 Å². The molecule has 0 aliphatic heterocycles. The Hall–Kier alpha value is -2.44. The molecule has 0 saturated heterocycles. The quantitative estimate of drug-likeness (QED) is 0.456. The van der Waals surface area contributed by atoms with Gasteiger partial charge in [-0.2, -0.15) is 5.10 Å². The summed E-state index contributed by atoms with van der Waals surface area (Å²) in [5, 5.41) is 14.5. The Morgan fingerprint density at radius 3 is 3.06 bits per heavy atom. The minimum Gasteiger partial charge on any atom is -0.462 e. The largest absolute Gasteiger partial charge is 0.462 e. The normalized spacial score (nSPS) is 10.4. The zero-order valence-corrected chi connectivity index (χ0v) is 8.99. The molecule has 0 saturated carbocycles. The predicted octanol–water partition coefficient (Wildman–Crippen LogP) is 1.42. The van der Waals surface area contributed by atoms with Crippen LogP contribution in [-0.2, 0) is 4.74 Å². The molecule has 0 aliphatic rings. The van der Waals surface area contributed by atoms with Crippen molar-refractivity contribution in [1.82, 2.24) is 9.61 Å². The zero-order valence-electron chi connectivity index (χ0n) is 8.99. The molecule has 7 heteroatoms. The number of nitro groups is 1. The molecule has 0 N–H and O–H groups in total. The summed E-state index contributed by atoms with van der Waals surface area (Å²) >= 11 is 0. The van der Waals surface area contributed by atoms with E-state index < -0.39 is 10.9 Å². The van der Waals surface area contributed by atoms with Gasteiger partial charge in [0.05, 0.1) is 23.2 Å². The molecule has 0 bridgehead atoms. The number of hydrogen-bond donors (Lipinski definition) is 0. The second-order valence-electron chi connectivity index (χ2n) is 3.25. The number of fused-ring (bicyclic) bond motifs is 1. The van der Waals surface area contributed by atoms with Gasteiger partial charge in [-0.25, -0.2) is 9.31 Å². The molecule has 2 aromatic rings. The Labute approximate surface area is 95.8 Å². The summed E-state index contributed by atoms with van der Waals surface area (Å²) in [6, 6.07) is 2.61. The third kappa shape index (κ3) is 1.94. The van der Waals surface area contributed by atoms with Crippen LogP contribution in [0.3, 0.4) is 0 Å². The van der Waals surface area contributed by atoms with Crippen LogP contribution >= 0.6 is 0 Å². The highest BCUT2D eigenvalue weighted by molar-refractivity contribution is 5.97. The molecular weight excluding hydrogens is 226 g/mol. The summed E-state index contributed by atoms with van der Waals surface area (Å²) in [5.74, 6) is -0.539. The smallest absolute Gasteiger partial charge is 0.341 e. The number of ether oxygens (including phenoxy) is 1. The Morgan fingerprint density at radius 1 is 1.65 bits per heavy atom. The molecule has 0 fully saturated rings. The first-order valence-corrected chi connectivity index (χ1v) is 4.92. The standard InChI is InChI=1S/C10H9N3O4/c1-2-17-10(14)8-6-11-12-4-3-7(13(15)16)5-9(8)12/h3-6H,2H2,1H3. The molecule has 0 aliphatic carbocycles. The van der Waals surface area contributed by atoms with Gasteiger partial charge >= 0.3 is 5.97 Å². The van der Waals surface area contributed by atoms with Crippen LogP contribution in [0.25, 0.3) is 5.52 Å². The molecule has 0 atom stereocenters. The molecule has 88 valence electrons. The molecule has 7 nitrogen and oxygen atoms in total. The Bertz CT molecular complexity index is 590. The fraction of sp³-hybridized carbons (Fsp3) is 0.200. The van der Waals surface area contributed by atoms with Gasteiger partial charge in [0, 0.05) is 18.3 Å². The van der Waals surface area contributed by atoms with E-state index in [1.54, 1.807) is 6.92 Å². The van der Waals surface area contributed by atoms with Crippen LogP contribution in [0.1, 0.15) is 17.3 Å². The van der Waals surface area contributed by atoms with Gasteiger partial charge in [0.25, 0.3) is 5.69 Å². The molecule has 0 unspecified atom stereocenters. The fourth-order valence-corrected chi connectivity index (χ4v) is 1.45. The highest BCUT2D eigenvalue weighted by Crippen LogP contribution is 2.18. The monoisotopic (exact) mass is 235 g/mol. The van der Waals surface area contributed by atoms with Crippen LogP contribution < -0.4 is 0 Å². The zero-order chi connectivity index (χ0) is 12.4. The maximum absolute atomic E-state index is 11.6. The topological polar surface area (TPSA) is 86.7 Å². The summed E-state index contributed by atoms with van der Waals surface area (Å²) in [4.78, 5) is 21.7. The number of pyridine rings is 1. The van der Waals surface area contributed by atoms with Crippen LogP contribution in [0.2, 0.25) is 0 Å². The molecule has 0 radical (unpaired) electrons. The summed E-state index contributed by atoms with van der Waals surface area (Å²) in [5.41, 5.74) is 0.483. The van der Waals surface area contributed by atoms with Crippen molar-refractivity contribution in [2.45, 2.75) is 6.92 Å². The number of hydrogen-bond acceptors (Lipinski definition) is 5. The number of carbonyl (C=O) groups excluding carboxylic acids is 1. The third-order valence-electron chi connectivity index (χ3n) is 2.21. The summed E-state index contributed by atoms with van der Waals surface area (Å²) < 4.78 is 6.22. The molecule has 2 rings (SSSR count). The van der Waals surface area contributed by atoms with Gasteiger partial charge < -0.3 is 4.74 Å². The summed E-state index contributed by atoms with van der Waals surface area (Å²) in [6.45, 7) is 1.93. The number of nitrogens with zero attached hydrogens (tertiary/aromatic N) is 3. The van der Waals surface area contributed by atoms with E-state index in [0.29, 0.717) is 5.52 Å². The van der Waals surface area contributed by atoms with Crippen molar-refractivity contribution in [3.63, 3.8) is 0 Å². The van der Waals surface area contributed by atoms with Crippen molar-refractivity contribution in [1.29, 1.82) is 0 Å². The van der Waals surface area contributed by atoms with Crippen molar-refractivity contribution in [3.8, 4) is 0 Å². The Balaban J connectivity index is 2.54. The van der Waals surface area contributed by atoms with Gasteiger partial charge in [-0.1, -0.05) is 0 Å². The van der Waals surface area contributed by atoms with Crippen molar-refractivity contribution >= 4 is 17.2 Å². The Morgan fingerprint density at radius 2 is 2.41 bits per heavy atom. The predicted molar refractivity (Wildman–Crippen MR) is 57.8 cm³/mol. The van der Waals surface area contributed by atoms with Gasteiger partial charge in [-0.05, 0) is 6.92 Å². The van der Waals surface area contributed by atoms with Crippen LogP contribution in [0.4, 0.5) is 5.69 Å². The average Bonchev–Trinajstić information content (AvgIpc) is 2.71. The van der Waals surface area contributed by atoms with Gasteiger partial charge in [-0.15, -0.1) is 0 Å². The minimum atomic E-state index is -0.539. The highest BCUT2D eigenvalue weighted by Gasteiger charge is 2.16. The molecule has 2 heterocycles. The van der Waals surface area contributed by atoms with Gasteiger partial charge in [-0.3, -0.25) is 10.1 Å². The molecule has 0 amide bonds. The van der Waals surface area contributed by atoms with Crippen molar-refractivity contribution in [2.75, 3.05) is 6.61 Å². The minimum absolute atomic E-state index is 0.0939. The van der Waals surface area contributed by atoms with Crippen molar-refractivity contribution in [2.24, 2.45) is 0 Å². The van der Waals surface area contributed by atoms with E-state index in [0.717, 1.165) is 0 Å². The van der Waals surface area contributed by atoms with E-state index in [4.69, 9.17) is 4.74 Å². The number of esters is 1. The SMILES string of the molecule is CCOC(=O)c1cnn2ccc([N+](=O)[O-])cc12. The van der Waals surface area contributed by atoms with Crippen molar-refractivity contribution < 1.29 is 14.5 Å². The number of rotatable bonds is 3. The lowest BCUT2D eigenvalue weighted by molar-refractivity contribution is -0.384. The van der Waals surface area contributed by atoms with Crippen LogP contribution in [0.15, 0.2) is 24.5 Å². The first kappa shape index (κ1) is 11.1. The van der Waals surface area contributed by atoms with Gasteiger partial charge in [0.1, 0.15) is 5.56 Å². The number of aromatic nitrogens is 2. The van der Waals surface area contributed by atoms with E-state index in [1.165, 1.54) is 29.0 Å². The third-order valence-corrected chi connectivity index (χ3v) is 2.21. The summed E-state index contributed by atoms with van der Waals surface area (Å²) in [7, 11) is 0. The lowest BCUT2D eigenvalue weighted by atomic mass is 10.2.